The third-order valence-electron chi connectivity index (χ3n) is 1.30. The molecule has 6 heteroatoms. The van der Waals surface area contributed by atoms with Gasteiger partial charge < -0.3 is 18.9 Å². The number of cyclic esters (lactones) is 2. The molecule has 0 saturated carbocycles. The Hall–Kier alpha value is -1.46. The van der Waals surface area contributed by atoms with Gasteiger partial charge in [-0.1, -0.05) is 0 Å². The van der Waals surface area contributed by atoms with E-state index in [1.165, 1.54) is 0 Å². The van der Waals surface area contributed by atoms with E-state index >= 15 is 0 Å². The van der Waals surface area contributed by atoms with Crippen LogP contribution in [0.3, 0.4) is 0 Å². The fraction of sp³-hybridized carbons (Fsp3) is 0.714. The molecule has 1 saturated heterocycles. The molecule has 0 N–H and O–H groups in total. The van der Waals surface area contributed by atoms with Crippen LogP contribution >= 0.6 is 0 Å². The van der Waals surface area contributed by atoms with Crippen molar-refractivity contribution >= 4 is 12.3 Å². The Kier molecular flexibility index (Phi) is 3.36. The minimum absolute atomic E-state index is 0.0371. The molecular formula is C7H10O6. The first-order valence-corrected chi connectivity index (χ1v) is 3.85. The fourth-order valence-corrected chi connectivity index (χ4v) is 0.768. The maximum absolute atomic E-state index is 10.7. The van der Waals surface area contributed by atoms with Crippen LogP contribution < -0.4 is 0 Å². The molecule has 6 nitrogen and oxygen atoms in total. The van der Waals surface area contributed by atoms with Crippen molar-refractivity contribution in [3.8, 4) is 0 Å². The van der Waals surface area contributed by atoms with Crippen molar-refractivity contribution in [2.24, 2.45) is 0 Å². The highest BCUT2D eigenvalue weighted by atomic mass is 16.8. The first-order valence-electron chi connectivity index (χ1n) is 3.85. The zero-order valence-electron chi connectivity index (χ0n) is 7.15. The predicted octanol–water partition coefficient (Wildman–Crippen LogP) is 0.695. The van der Waals surface area contributed by atoms with Crippen LogP contribution in [0.2, 0.25) is 0 Å². The number of carbonyl (C=O) groups excluding carboxylic acids is 2. The molecule has 0 aromatic rings. The van der Waals surface area contributed by atoms with Crippen LogP contribution in [0, 0.1) is 0 Å². The van der Waals surface area contributed by atoms with Crippen molar-refractivity contribution < 1.29 is 28.5 Å². The maximum Gasteiger partial charge on any atom is 0.508 e. The minimum atomic E-state index is -0.773. The molecule has 1 heterocycles. The molecule has 0 spiro atoms. The predicted molar refractivity (Wildman–Crippen MR) is 39.2 cm³/mol. The molecule has 1 fully saturated rings. The van der Waals surface area contributed by atoms with E-state index in [-0.39, 0.29) is 19.8 Å². The van der Waals surface area contributed by atoms with Gasteiger partial charge in [-0.2, -0.15) is 0 Å². The van der Waals surface area contributed by atoms with Crippen LogP contribution in [-0.2, 0) is 18.9 Å². The van der Waals surface area contributed by atoms with Gasteiger partial charge in [-0.3, -0.25) is 0 Å². The van der Waals surface area contributed by atoms with Gasteiger partial charge in [0.25, 0.3) is 0 Å². The number of hydrogen-bond acceptors (Lipinski definition) is 6. The molecule has 0 aliphatic carbocycles. The Morgan fingerprint density at radius 2 is 2.38 bits per heavy atom. The second-order valence-corrected chi connectivity index (χ2v) is 2.29. The summed E-state index contributed by atoms with van der Waals surface area (Å²) in [6.07, 6.45) is -2.03. The van der Waals surface area contributed by atoms with Gasteiger partial charge in [-0.15, -0.1) is 0 Å². The van der Waals surface area contributed by atoms with Gasteiger partial charge in [0.15, 0.2) is 6.10 Å². The molecule has 1 aliphatic heterocycles. The molecule has 0 aromatic carbocycles. The van der Waals surface area contributed by atoms with Crippen molar-refractivity contribution in [1.29, 1.82) is 0 Å². The molecule has 0 aromatic heterocycles. The van der Waals surface area contributed by atoms with Gasteiger partial charge in [0, 0.05) is 0 Å². The molecule has 0 unspecified atom stereocenters. The molecule has 0 amide bonds. The first kappa shape index (κ1) is 9.63. The van der Waals surface area contributed by atoms with E-state index in [9.17, 15) is 9.59 Å². The standard InChI is InChI=1S/C7H10O6/c1-2-10-6(8)11-3-5-4-12-7(9)13-5/h5H,2-4H2,1H3/t5-/m0/s1. The maximum atomic E-state index is 10.7. The Bertz CT molecular complexity index is 201. The van der Waals surface area contributed by atoms with Crippen LogP contribution in [0.15, 0.2) is 0 Å². The van der Waals surface area contributed by atoms with Gasteiger partial charge in [0.2, 0.25) is 0 Å². The zero-order chi connectivity index (χ0) is 9.68. The van der Waals surface area contributed by atoms with E-state index in [4.69, 9.17) is 0 Å². The summed E-state index contributed by atoms with van der Waals surface area (Å²) in [6, 6.07) is 0. The lowest BCUT2D eigenvalue weighted by Gasteiger charge is -2.06. The molecule has 74 valence electrons. The number of carbonyl (C=O) groups is 2. The Morgan fingerprint density at radius 1 is 1.62 bits per heavy atom. The van der Waals surface area contributed by atoms with Crippen molar-refractivity contribution in [3.63, 3.8) is 0 Å². The largest absolute Gasteiger partial charge is 0.508 e. The lowest BCUT2D eigenvalue weighted by molar-refractivity contribution is 0.0270. The SMILES string of the molecule is CCOC(=O)OC[C@H]1COC(=O)O1. The topological polar surface area (TPSA) is 71.1 Å². The number of ether oxygens (including phenoxy) is 4. The summed E-state index contributed by atoms with van der Waals surface area (Å²) in [5, 5.41) is 0. The number of rotatable bonds is 3. The normalized spacial score (nSPS) is 20.4. The van der Waals surface area contributed by atoms with Gasteiger partial charge in [0.05, 0.1) is 6.61 Å². The van der Waals surface area contributed by atoms with Crippen molar-refractivity contribution in [2.75, 3.05) is 19.8 Å². The van der Waals surface area contributed by atoms with E-state index in [0.717, 1.165) is 0 Å². The highest BCUT2D eigenvalue weighted by molar-refractivity contribution is 5.62. The quantitative estimate of drug-likeness (QED) is 0.610. The van der Waals surface area contributed by atoms with E-state index in [1.807, 2.05) is 0 Å². The van der Waals surface area contributed by atoms with Crippen molar-refractivity contribution in [2.45, 2.75) is 13.0 Å². The average Bonchev–Trinajstić information content (AvgIpc) is 2.49. The van der Waals surface area contributed by atoms with Crippen LogP contribution in [0.1, 0.15) is 6.92 Å². The highest BCUT2D eigenvalue weighted by Gasteiger charge is 2.26. The van der Waals surface area contributed by atoms with Gasteiger partial charge in [-0.05, 0) is 6.92 Å². The van der Waals surface area contributed by atoms with Crippen molar-refractivity contribution in [3.05, 3.63) is 0 Å². The second-order valence-electron chi connectivity index (χ2n) is 2.29. The Balaban J connectivity index is 2.12. The van der Waals surface area contributed by atoms with E-state index in [0.29, 0.717) is 0 Å². The fourth-order valence-electron chi connectivity index (χ4n) is 0.768. The summed E-state index contributed by atoms with van der Waals surface area (Å²) in [5.41, 5.74) is 0. The summed E-state index contributed by atoms with van der Waals surface area (Å²) in [6.45, 7) is 1.99. The zero-order valence-corrected chi connectivity index (χ0v) is 7.15. The summed E-state index contributed by atoms with van der Waals surface area (Å²) in [5.74, 6) is 0. The molecule has 0 bridgehead atoms. The van der Waals surface area contributed by atoms with Gasteiger partial charge in [-0.25, -0.2) is 9.59 Å². The molecule has 1 rings (SSSR count). The summed E-state index contributed by atoms with van der Waals surface area (Å²) >= 11 is 0. The third-order valence-corrected chi connectivity index (χ3v) is 1.30. The lowest BCUT2D eigenvalue weighted by atomic mass is 10.4. The van der Waals surface area contributed by atoms with Crippen LogP contribution in [0.4, 0.5) is 9.59 Å². The van der Waals surface area contributed by atoms with Gasteiger partial charge >= 0.3 is 12.3 Å². The van der Waals surface area contributed by atoms with Crippen LogP contribution in [0.25, 0.3) is 0 Å². The minimum Gasteiger partial charge on any atom is -0.435 e. The monoisotopic (exact) mass is 190 g/mol. The molecule has 0 radical (unpaired) electrons. The van der Waals surface area contributed by atoms with E-state index in [1.54, 1.807) is 6.92 Å². The van der Waals surface area contributed by atoms with E-state index in [2.05, 4.69) is 18.9 Å². The van der Waals surface area contributed by atoms with Crippen molar-refractivity contribution in [1.82, 2.24) is 0 Å². The summed E-state index contributed by atoms with van der Waals surface area (Å²) < 4.78 is 18.1. The molecule has 13 heavy (non-hydrogen) atoms. The summed E-state index contributed by atoms with van der Waals surface area (Å²) in [7, 11) is 0. The molecule has 1 aliphatic rings. The third kappa shape index (κ3) is 3.18. The summed E-state index contributed by atoms with van der Waals surface area (Å²) in [4.78, 5) is 21.1. The van der Waals surface area contributed by atoms with Gasteiger partial charge in [0.1, 0.15) is 13.2 Å². The van der Waals surface area contributed by atoms with Crippen LogP contribution in [0.5, 0.6) is 0 Å². The Morgan fingerprint density at radius 3 is 2.92 bits per heavy atom. The number of hydrogen-bond donors (Lipinski definition) is 0. The average molecular weight is 190 g/mol. The molecule has 1 atom stereocenters. The first-order chi connectivity index (χ1) is 6.22. The van der Waals surface area contributed by atoms with E-state index < -0.39 is 18.4 Å². The second kappa shape index (κ2) is 4.54. The molecular weight excluding hydrogens is 180 g/mol. The smallest absolute Gasteiger partial charge is 0.435 e. The van der Waals surface area contributed by atoms with Crippen LogP contribution in [-0.4, -0.2) is 38.2 Å². The lowest BCUT2D eigenvalue weighted by Crippen LogP contribution is -2.21. The Labute approximate surface area is 74.7 Å². The highest BCUT2D eigenvalue weighted by Crippen LogP contribution is 2.06.